The summed E-state index contributed by atoms with van der Waals surface area (Å²) in [6.07, 6.45) is 7.54. The number of aryl methyl sites for hydroxylation is 2. The smallest absolute Gasteiger partial charge is 0.350 e. The third kappa shape index (κ3) is 2.75. The molecule has 2 heterocycles. The maximum atomic E-state index is 11.3. The number of aromatic nitrogens is 2. The molecule has 0 amide bonds. The SMILES string of the molecule is CCCCCCc1cc2cn(C)c(=O)nc2o1. The van der Waals surface area contributed by atoms with Crippen LogP contribution in [-0.4, -0.2) is 9.55 Å². The van der Waals surface area contributed by atoms with Crippen LogP contribution in [-0.2, 0) is 13.5 Å². The van der Waals surface area contributed by atoms with Gasteiger partial charge in [0.15, 0.2) is 0 Å². The number of hydrogen-bond donors (Lipinski definition) is 0. The predicted molar refractivity (Wildman–Crippen MR) is 67.1 cm³/mol. The molecule has 0 spiro atoms. The van der Waals surface area contributed by atoms with E-state index in [0.29, 0.717) is 5.71 Å². The third-order valence-corrected chi connectivity index (χ3v) is 2.90. The highest BCUT2D eigenvalue weighted by molar-refractivity contribution is 5.72. The van der Waals surface area contributed by atoms with E-state index in [1.54, 1.807) is 13.2 Å². The van der Waals surface area contributed by atoms with Crippen LogP contribution in [0.4, 0.5) is 0 Å². The molecule has 0 saturated heterocycles. The van der Waals surface area contributed by atoms with Gasteiger partial charge in [0.05, 0.1) is 5.39 Å². The summed E-state index contributed by atoms with van der Waals surface area (Å²) in [5.74, 6) is 0.925. The van der Waals surface area contributed by atoms with Gasteiger partial charge in [0, 0.05) is 19.7 Å². The van der Waals surface area contributed by atoms with Crippen LogP contribution >= 0.6 is 0 Å². The molecule has 0 saturated carbocycles. The molecule has 0 unspecified atom stereocenters. The minimum atomic E-state index is -0.274. The van der Waals surface area contributed by atoms with Gasteiger partial charge in [-0.15, -0.1) is 0 Å². The third-order valence-electron chi connectivity index (χ3n) is 2.90. The summed E-state index contributed by atoms with van der Waals surface area (Å²) in [5.41, 5.74) is 0.183. The summed E-state index contributed by atoms with van der Waals surface area (Å²) in [7, 11) is 1.70. The standard InChI is InChI=1S/C13H18N2O2/c1-3-4-5-6-7-11-8-10-9-15(2)13(16)14-12(10)17-11/h8-9H,3-7H2,1-2H3. The molecule has 0 aromatic carbocycles. The Morgan fingerprint density at radius 2 is 2.18 bits per heavy atom. The zero-order chi connectivity index (χ0) is 12.3. The molecular formula is C13H18N2O2. The van der Waals surface area contributed by atoms with Gasteiger partial charge in [-0.3, -0.25) is 0 Å². The highest BCUT2D eigenvalue weighted by Gasteiger charge is 2.06. The van der Waals surface area contributed by atoms with Crippen molar-refractivity contribution in [3.8, 4) is 0 Å². The minimum Gasteiger partial charge on any atom is -0.443 e. The van der Waals surface area contributed by atoms with Crippen molar-refractivity contribution in [2.24, 2.45) is 7.05 Å². The summed E-state index contributed by atoms with van der Waals surface area (Å²) in [6, 6.07) is 1.98. The Bertz CT molecular complexity index is 554. The number of hydrogen-bond acceptors (Lipinski definition) is 3. The van der Waals surface area contributed by atoms with Gasteiger partial charge in [0.25, 0.3) is 0 Å². The van der Waals surface area contributed by atoms with Crippen LogP contribution in [0, 0.1) is 0 Å². The van der Waals surface area contributed by atoms with Gasteiger partial charge in [-0.25, -0.2) is 4.79 Å². The van der Waals surface area contributed by atoms with Gasteiger partial charge in [-0.2, -0.15) is 4.98 Å². The Labute approximate surface area is 100 Å². The van der Waals surface area contributed by atoms with Crippen molar-refractivity contribution in [1.82, 2.24) is 9.55 Å². The second-order valence-corrected chi connectivity index (χ2v) is 4.42. The van der Waals surface area contributed by atoms with Crippen LogP contribution in [0.25, 0.3) is 11.1 Å². The molecule has 2 aromatic rings. The lowest BCUT2D eigenvalue weighted by Gasteiger charge is -1.95. The second-order valence-electron chi connectivity index (χ2n) is 4.42. The average Bonchev–Trinajstić information content (AvgIpc) is 2.67. The van der Waals surface area contributed by atoms with Gasteiger partial charge >= 0.3 is 5.69 Å². The van der Waals surface area contributed by atoms with Crippen LogP contribution in [0.15, 0.2) is 21.5 Å². The van der Waals surface area contributed by atoms with E-state index in [1.165, 1.54) is 23.8 Å². The molecule has 0 N–H and O–H groups in total. The molecule has 4 nitrogen and oxygen atoms in total. The molecule has 0 fully saturated rings. The molecule has 92 valence electrons. The molecule has 0 radical (unpaired) electrons. The van der Waals surface area contributed by atoms with Gasteiger partial charge in [-0.05, 0) is 12.5 Å². The molecule has 0 aliphatic rings. The van der Waals surface area contributed by atoms with Crippen molar-refractivity contribution in [2.75, 3.05) is 0 Å². The average molecular weight is 234 g/mol. The van der Waals surface area contributed by atoms with E-state index >= 15 is 0 Å². The number of rotatable bonds is 5. The topological polar surface area (TPSA) is 48.0 Å². The number of fused-ring (bicyclic) bond motifs is 1. The van der Waals surface area contributed by atoms with Crippen molar-refractivity contribution < 1.29 is 4.42 Å². The largest absolute Gasteiger partial charge is 0.443 e. The molecule has 0 aliphatic heterocycles. The quantitative estimate of drug-likeness (QED) is 0.747. The molecule has 4 heteroatoms. The molecule has 0 aliphatic carbocycles. The maximum Gasteiger partial charge on any atom is 0.350 e. The number of unbranched alkanes of at least 4 members (excludes halogenated alkanes) is 3. The van der Waals surface area contributed by atoms with E-state index in [-0.39, 0.29) is 5.69 Å². The summed E-state index contributed by atoms with van der Waals surface area (Å²) >= 11 is 0. The van der Waals surface area contributed by atoms with Gasteiger partial charge in [-0.1, -0.05) is 26.2 Å². The van der Waals surface area contributed by atoms with Crippen LogP contribution < -0.4 is 5.69 Å². The van der Waals surface area contributed by atoms with Crippen molar-refractivity contribution in [1.29, 1.82) is 0 Å². The molecule has 0 atom stereocenters. The normalized spacial score (nSPS) is 11.2. The first-order valence-electron chi connectivity index (χ1n) is 6.17. The lowest BCUT2D eigenvalue weighted by molar-refractivity contribution is 0.517. The Hall–Kier alpha value is -1.58. The molecule has 17 heavy (non-hydrogen) atoms. The monoisotopic (exact) mass is 234 g/mol. The number of nitrogens with zero attached hydrogens (tertiary/aromatic N) is 2. The second kappa shape index (κ2) is 5.17. The fraction of sp³-hybridized carbons (Fsp3) is 0.538. The zero-order valence-electron chi connectivity index (χ0n) is 10.4. The molecule has 2 rings (SSSR count). The summed E-state index contributed by atoms with van der Waals surface area (Å²) in [6.45, 7) is 2.20. The summed E-state index contributed by atoms with van der Waals surface area (Å²) in [4.78, 5) is 15.2. The Morgan fingerprint density at radius 3 is 2.94 bits per heavy atom. The zero-order valence-corrected chi connectivity index (χ0v) is 10.4. The molecule has 2 aromatic heterocycles. The van der Waals surface area contributed by atoms with E-state index in [9.17, 15) is 4.79 Å². The van der Waals surface area contributed by atoms with Crippen molar-refractivity contribution in [3.63, 3.8) is 0 Å². The first-order chi connectivity index (χ1) is 8.20. The van der Waals surface area contributed by atoms with Crippen LogP contribution in [0.5, 0.6) is 0 Å². The van der Waals surface area contributed by atoms with Gasteiger partial charge in [0.2, 0.25) is 5.71 Å². The summed E-state index contributed by atoms with van der Waals surface area (Å²) < 4.78 is 7.03. The van der Waals surface area contributed by atoms with E-state index in [1.807, 2.05) is 6.07 Å². The van der Waals surface area contributed by atoms with Crippen molar-refractivity contribution >= 4 is 11.1 Å². The van der Waals surface area contributed by atoms with Crippen LogP contribution in [0.2, 0.25) is 0 Å². The molecular weight excluding hydrogens is 216 g/mol. The van der Waals surface area contributed by atoms with Crippen LogP contribution in [0.1, 0.15) is 38.4 Å². The predicted octanol–water partition coefficient (Wildman–Crippen LogP) is 2.65. The lowest BCUT2D eigenvalue weighted by atomic mass is 10.1. The Morgan fingerprint density at radius 1 is 1.35 bits per heavy atom. The van der Waals surface area contributed by atoms with E-state index in [4.69, 9.17) is 4.42 Å². The van der Waals surface area contributed by atoms with Crippen molar-refractivity contribution in [3.05, 3.63) is 28.5 Å². The fourth-order valence-electron chi connectivity index (χ4n) is 1.91. The van der Waals surface area contributed by atoms with Crippen molar-refractivity contribution in [2.45, 2.75) is 39.0 Å². The first kappa shape index (κ1) is 11.9. The fourth-order valence-corrected chi connectivity index (χ4v) is 1.91. The first-order valence-corrected chi connectivity index (χ1v) is 6.17. The van der Waals surface area contributed by atoms with E-state index in [2.05, 4.69) is 11.9 Å². The Balaban J connectivity index is 2.12. The minimum absolute atomic E-state index is 0.274. The maximum absolute atomic E-state index is 11.3. The van der Waals surface area contributed by atoms with E-state index < -0.39 is 0 Å². The van der Waals surface area contributed by atoms with E-state index in [0.717, 1.165) is 24.0 Å². The summed E-state index contributed by atoms with van der Waals surface area (Å²) in [5, 5.41) is 0.901. The highest BCUT2D eigenvalue weighted by atomic mass is 16.3. The Kier molecular flexibility index (Phi) is 3.61. The molecule has 0 bridgehead atoms. The highest BCUT2D eigenvalue weighted by Crippen LogP contribution is 2.17. The lowest BCUT2D eigenvalue weighted by Crippen LogP contribution is -2.18. The van der Waals surface area contributed by atoms with Crippen LogP contribution in [0.3, 0.4) is 0 Å². The van der Waals surface area contributed by atoms with Gasteiger partial charge < -0.3 is 8.98 Å². The van der Waals surface area contributed by atoms with Gasteiger partial charge in [0.1, 0.15) is 5.76 Å². The number of furan rings is 1.